The predicted octanol–water partition coefficient (Wildman–Crippen LogP) is 4.13. The Labute approximate surface area is 197 Å². The molecule has 4 rings (SSSR count). The lowest BCUT2D eigenvalue weighted by Crippen LogP contribution is -2.32. The van der Waals surface area contributed by atoms with Crippen LogP contribution in [-0.2, 0) is 11.8 Å². The van der Waals surface area contributed by atoms with Crippen LogP contribution in [-0.4, -0.2) is 32.8 Å². The van der Waals surface area contributed by atoms with Gasteiger partial charge in [0.2, 0.25) is 0 Å². The maximum atomic E-state index is 13.4. The molecule has 2 aromatic rings. The highest BCUT2D eigenvalue weighted by Crippen LogP contribution is 2.39. The first kappa shape index (κ1) is 22.3. The molecule has 32 heavy (non-hydrogen) atoms. The zero-order valence-corrected chi connectivity index (χ0v) is 19.9. The van der Waals surface area contributed by atoms with Crippen LogP contribution in [0.5, 0.6) is 0 Å². The van der Waals surface area contributed by atoms with Crippen LogP contribution in [0.15, 0.2) is 40.0 Å². The Hall–Kier alpha value is -2.89. The van der Waals surface area contributed by atoms with Crippen molar-refractivity contribution >= 4 is 46.1 Å². The molecule has 2 saturated heterocycles. The minimum atomic E-state index is -0.311. The monoisotopic (exact) mass is 464 g/mol. The highest BCUT2D eigenvalue weighted by atomic mass is 32.2. The van der Waals surface area contributed by atoms with Crippen molar-refractivity contribution in [1.29, 1.82) is 5.26 Å². The van der Waals surface area contributed by atoms with Crippen LogP contribution in [0.4, 0.5) is 5.82 Å². The van der Waals surface area contributed by atoms with E-state index < -0.39 is 0 Å². The molecule has 0 bridgehead atoms. The van der Waals surface area contributed by atoms with Gasteiger partial charge in [-0.3, -0.25) is 19.1 Å². The Balaban J connectivity index is 1.81. The van der Waals surface area contributed by atoms with E-state index in [1.165, 1.54) is 16.3 Å². The molecule has 1 atom stereocenters. The molecule has 0 aliphatic carbocycles. The van der Waals surface area contributed by atoms with Crippen molar-refractivity contribution in [3.05, 3.63) is 67.8 Å². The van der Waals surface area contributed by atoms with Crippen LogP contribution in [0.3, 0.4) is 0 Å². The van der Waals surface area contributed by atoms with Crippen molar-refractivity contribution in [3.8, 4) is 6.07 Å². The van der Waals surface area contributed by atoms with E-state index in [4.69, 9.17) is 12.2 Å². The number of thioether (sulfide) groups is 1. The number of aromatic nitrogens is 1. The average Bonchev–Trinajstić information content (AvgIpc) is 3.41. The van der Waals surface area contributed by atoms with Crippen LogP contribution in [0, 0.1) is 18.3 Å². The zero-order valence-electron chi connectivity index (χ0n) is 18.3. The Morgan fingerprint density at radius 1 is 1.19 bits per heavy atom. The number of hydrogen-bond acceptors (Lipinski definition) is 6. The molecule has 2 aliphatic rings. The summed E-state index contributed by atoms with van der Waals surface area (Å²) in [6.07, 6.45) is 3.90. The van der Waals surface area contributed by atoms with Crippen molar-refractivity contribution in [1.82, 2.24) is 9.47 Å². The van der Waals surface area contributed by atoms with Crippen molar-refractivity contribution in [3.63, 3.8) is 0 Å². The van der Waals surface area contributed by atoms with Gasteiger partial charge in [0.15, 0.2) is 0 Å². The molecule has 3 heterocycles. The molecule has 0 N–H and O–H groups in total. The standard InChI is InChI=1S/C24H24N4O2S2/c1-15-18(21(27-11-7-8-12-27)26(3)22(29)19(15)14-25)13-20-23(30)28(24(31)32-20)16(2)17-9-5-4-6-10-17/h4-6,9-10,13,16H,7-8,11-12H2,1-3H3/b20-13-/t16-/m0/s1. The third-order valence-electron chi connectivity index (χ3n) is 6.14. The van der Waals surface area contributed by atoms with Gasteiger partial charge in [0, 0.05) is 25.7 Å². The minimum absolute atomic E-state index is 0.106. The molecule has 6 nitrogen and oxygen atoms in total. The molecule has 0 radical (unpaired) electrons. The fourth-order valence-electron chi connectivity index (χ4n) is 4.35. The van der Waals surface area contributed by atoms with Crippen LogP contribution >= 0.6 is 24.0 Å². The number of nitriles is 1. The van der Waals surface area contributed by atoms with Gasteiger partial charge in [-0.05, 0) is 43.9 Å². The Kier molecular flexibility index (Phi) is 6.22. The molecule has 1 aromatic carbocycles. The summed E-state index contributed by atoms with van der Waals surface area (Å²) in [7, 11) is 1.69. The van der Waals surface area contributed by atoms with Crippen molar-refractivity contribution < 1.29 is 4.79 Å². The number of pyridine rings is 1. The first-order valence-corrected chi connectivity index (χ1v) is 11.8. The minimum Gasteiger partial charge on any atom is -0.357 e. The van der Waals surface area contributed by atoms with Crippen LogP contribution in [0.1, 0.15) is 48.1 Å². The number of rotatable bonds is 4. The van der Waals surface area contributed by atoms with Gasteiger partial charge < -0.3 is 4.90 Å². The summed E-state index contributed by atoms with van der Waals surface area (Å²) in [5.41, 5.74) is 2.13. The first-order valence-electron chi connectivity index (χ1n) is 10.6. The van der Waals surface area contributed by atoms with Gasteiger partial charge in [0.05, 0.1) is 10.9 Å². The van der Waals surface area contributed by atoms with E-state index in [-0.39, 0.29) is 23.1 Å². The molecular weight excluding hydrogens is 440 g/mol. The molecule has 8 heteroatoms. The molecule has 2 aliphatic heterocycles. The van der Waals surface area contributed by atoms with Crippen LogP contribution in [0.2, 0.25) is 0 Å². The summed E-state index contributed by atoms with van der Waals surface area (Å²) in [4.78, 5) is 30.5. The fraction of sp³-hybridized carbons (Fsp3) is 0.333. The first-order chi connectivity index (χ1) is 15.3. The summed E-state index contributed by atoms with van der Waals surface area (Å²) in [5.74, 6) is 0.598. The normalized spacial score (nSPS) is 18.5. The molecule has 0 spiro atoms. The van der Waals surface area contributed by atoms with E-state index in [1.807, 2.05) is 43.3 Å². The topological polar surface area (TPSA) is 69.3 Å². The molecule has 2 fully saturated rings. The number of thiocarbonyl (C=S) groups is 1. The molecule has 0 saturated carbocycles. The maximum absolute atomic E-state index is 13.4. The van der Waals surface area contributed by atoms with Crippen molar-refractivity contribution in [2.75, 3.05) is 18.0 Å². The summed E-state index contributed by atoms with van der Waals surface area (Å²) in [5, 5.41) is 9.60. The second-order valence-electron chi connectivity index (χ2n) is 8.05. The highest BCUT2D eigenvalue weighted by Gasteiger charge is 2.36. The summed E-state index contributed by atoms with van der Waals surface area (Å²) >= 11 is 6.83. The second kappa shape index (κ2) is 8.93. The summed E-state index contributed by atoms with van der Waals surface area (Å²) in [6.45, 7) is 5.42. The van der Waals surface area contributed by atoms with Crippen LogP contribution in [0.25, 0.3) is 6.08 Å². The lowest BCUT2D eigenvalue weighted by Gasteiger charge is -2.25. The van der Waals surface area contributed by atoms with Crippen molar-refractivity contribution in [2.45, 2.75) is 32.7 Å². The lowest BCUT2D eigenvalue weighted by molar-refractivity contribution is -0.123. The van der Waals surface area contributed by atoms with Gasteiger partial charge in [-0.25, -0.2) is 0 Å². The number of hydrogen-bond donors (Lipinski definition) is 0. The van der Waals surface area contributed by atoms with Gasteiger partial charge in [-0.1, -0.05) is 54.3 Å². The van der Waals surface area contributed by atoms with Gasteiger partial charge >= 0.3 is 0 Å². The van der Waals surface area contributed by atoms with E-state index in [1.54, 1.807) is 24.9 Å². The van der Waals surface area contributed by atoms with E-state index in [2.05, 4.69) is 4.90 Å². The third kappa shape index (κ3) is 3.76. The number of amides is 1. The highest BCUT2D eigenvalue weighted by molar-refractivity contribution is 8.26. The average molecular weight is 465 g/mol. The molecule has 1 amide bonds. The largest absolute Gasteiger partial charge is 0.357 e. The number of nitrogens with zero attached hydrogens (tertiary/aromatic N) is 4. The summed E-state index contributed by atoms with van der Waals surface area (Å²) < 4.78 is 2.04. The molecule has 1 aromatic heterocycles. The predicted molar refractivity (Wildman–Crippen MR) is 132 cm³/mol. The molecular formula is C24H24N4O2S2. The number of carbonyl (C=O) groups is 1. The van der Waals surface area contributed by atoms with Gasteiger partial charge in [-0.2, -0.15) is 5.26 Å². The maximum Gasteiger partial charge on any atom is 0.270 e. The van der Waals surface area contributed by atoms with E-state index >= 15 is 0 Å². The van der Waals surface area contributed by atoms with Gasteiger partial charge in [-0.15, -0.1) is 0 Å². The van der Waals surface area contributed by atoms with E-state index in [9.17, 15) is 14.9 Å². The Morgan fingerprint density at radius 2 is 1.84 bits per heavy atom. The number of carbonyl (C=O) groups excluding carboxylic acids is 1. The SMILES string of the molecule is Cc1c(/C=C2\SC(=S)N([C@@H](C)c3ccccc3)C2=O)c(N2CCCC2)n(C)c(=O)c1C#N. The molecule has 0 unspecified atom stereocenters. The third-order valence-corrected chi connectivity index (χ3v) is 7.47. The van der Waals surface area contributed by atoms with E-state index in [0.717, 1.165) is 42.9 Å². The van der Waals surface area contributed by atoms with Gasteiger partial charge in [0.1, 0.15) is 21.8 Å². The smallest absolute Gasteiger partial charge is 0.270 e. The second-order valence-corrected chi connectivity index (χ2v) is 9.72. The Bertz CT molecular complexity index is 1220. The fourth-order valence-corrected chi connectivity index (χ4v) is 5.75. The van der Waals surface area contributed by atoms with Crippen LogP contribution < -0.4 is 10.5 Å². The zero-order chi connectivity index (χ0) is 23.0. The summed E-state index contributed by atoms with van der Waals surface area (Å²) in [6, 6.07) is 11.6. The number of benzene rings is 1. The quantitative estimate of drug-likeness (QED) is 0.501. The number of anilines is 1. The molecule has 164 valence electrons. The van der Waals surface area contributed by atoms with E-state index in [0.29, 0.717) is 14.8 Å². The van der Waals surface area contributed by atoms with Gasteiger partial charge in [0.25, 0.3) is 11.5 Å². The van der Waals surface area contributed by atoms with Crippen molar-refractivity contribution in [2.24, 2.45) is 7.05 Å². The Morgan fingerprint density at radius 3 is 2.47 bits per heavy atom. The lowest BCUT2D eigenvalue weighted by atomic mass is 10.0.